The van der Waals surface area contributed by atoms with Crippen LogP contribution in [0.5, 0.6) is 0 Å². The lowest BCUT2D eigenvalue weighted by molar-refractivity contribution is 0.0956. The first-order chi connectivity index (χ1) is 8.45. The van der Waals surface area contributed by atoms with Crippen LogP contribution in [0.25, 0.3) is 0 Å². The summed E-state index contributed by atoms with van der Waals surface area (Å²) in [4.78, 5) is 13.8. The van der Waals surface area contributed by atoms with Gasteiger partial charge in [-0.05, 0) is 32.0 Å². The number of carbonyl (C=O) groups is 1. The lowest BCUT2D eigenvalue weighted by Gasteiger charge is -2.23. The van der Waals surface area contributed by atoms with Crippen molar-refractivity contribution in [3.63, 3.8) is 0 Å². The van der Waals surface area contributed by atoms with Crippen LogP contribution in [0, 0.1) is 0 Å². The number of amides is 1. The topological polar surface area (TPSA) is 78.6 Å². The van der Waals surface area contributed by atoms with Crippen molar-refractivity contribution in [3.8, 4) is 0 Å². The van der Waals surface area contributed by atoms with Crippen molar-refractivity contribution in [2.45, 2.75) is 20.0 Å². The first-order valence-corrected chi connectivity index (χ1v) is 6.02. The summed E-state index contributed by atoms with van der Waals surface area (Å²) in [7, 11) is 1.82. The van der Waals surface area contributed by atoms with Crippen LogP contribution in [-0.2, 0) is 0 Å². The third-order valence-electron chi connectivity index (χ3n) is 2.55. The van der Waals surface area contributed by atoms with E-state index in [4.69, 9.17) is 5.73 Å². The van der Waals surface area contributed by atoms with Crippen LogP contribution >= 0.6 is 0 Å². The molecule has 0 aliphatic rings. The number of carbonyl (C=O) groups excluding carboxylic acids is 1. The van der Waals surface area contributed by atoms with E-state index in [2.05, 4.69) is 5.32 Å². The Hall–Kier alpha value is -1.75. The maximum Gasteiger partial charge on any atom is 0.253 e. The number of nitrogens with two attached hydrogens (primary N) is 1. The van der Waals surface area contributed by atoms with Crippen LogP contribution in [0.1, 0.15) is 24.2 Å². The van der Waals surface area contributed by atoms with E-state index in [-0.39, 0.29) is 5.91 Å². The fraction of sp³-hybridized carbons (Fsp3) is 0.462. The number of aliphatic hydroxyl groups is 1. The highest BCUT2D eigenvalue weighted by molar-refractivity contribution is 6.00. The van der Waals surface area contributed by atoms with E-state index in [0.29, 0.717) is 24.3 Å². The number of hydrogen-bond acceptors (Lipinski definition) is 4. The van der Waals surface area contributed by atoms with Gasteiger partial charge in [-0.25, -0.2) is 0 Å². The van der Waals surface area contributed by atoms with Crippen LogP contribution in [0.2, 0.25) is 0 Å². The molecule has 0 radical (unpaired) electrons. The lowest BCUT2D eigenvalue weighted by atomic mass is 10.1. The maximum absolute atomic E-state index is 11.9. The predicted octanol–water partition coefficient (Wildman–Crippen LogP) is 0.836. The van der Waals surface area contributed by atoms with Crippen LogP contribution < -0.4 is 16.0 Å². The fourth-order valence-electron chi connectivity index (χ4n) is 1.81. The van der Waals surface area contributed by atoms with Gasteiger partial charge in [-0.2, -0.15) is 0 Å². The molecule has 4 N–H and O–H groups in total. The van der Waals surface area contributed by atoms with Gasteiger partial charge in [0.15, 0.2) is 0 Å². The molecule has 0 aromatic heterocycles. The van der Waals surface area contributed by atoms with E-state index in [1.54, 1.807) is 25.1 Å². The molecule has 18 heavy (non-hydrogen) atoms. The summed E-state index contributed by atoms with van der Waals surface area (Å²) in [5.41, 5.74) is 7.63. The molecule has 100 valence electrons. The summed E-state index contributed by atoms with van der Waals surface area (Å²) < 4.78 is 0. The van der Waals surface area contributed by atoms with Crippen LogP contribution in [0.4, 0.5) is 11.4 Å². The van der Waals surface area contributed by atoms with Gasteiger partial charge in [0.1, 0.15) is 0 Å². The predicted molar refractivity (Wildman–Crippen MR) is 73.8 cm³/mol. The summed E-state index contributed by atoms with van der Waals surface area (Å²) in [5, 5.41) is 12.2. The first kappa shape index (κ1) is 14.3. The molecule has 1 unspecified atom stereocenters. The second-order valence-electron chi connectivity index (χ2n) is 4.37. The van der Waals surface area contributed by atoms with E-state index in [9.17, 15) is 9.90 Å². The maximum atomic E-state index is 11.9. The average Bonchev–Trinajstić information content (AvgIpc) is 2.28. The number of aliphatic hydroxyl groups excluding tert-OH is 1. The molecule has 1 aromatic rings. The van der Waals surface area contributed by atoms with E-state index >= 15 is 0 Å². The van der Waals surface area contributed by atoms with Crippen molar-refractivity contribution in [3.05, 3.63) is 23.8 Å². The Morgan fingerprint density at radius 2 is 2.22 bits per heavy atom. The minimum Gasteiger partial charge on any atom is -0.399 e. The summed E-state index contributed by atoms with van der Waals surface area (Å²) in [5.74, 6) is -0.134. The van der Waals surface area contributed by atoms with Crippen molar-refractivity contribution in [1.29, 1.82) is 0 Å². The number of rotatable bonds is 5. The van der Waals surface area contributed by atoms with Crippen LogP contribution in [0.3, 0.4) is 0 Å². The smallest absolute Gasteiger partial charge is 0.253 e. The standard InChI is InChI=1S/C13H21N3O2/c1-4-15-13(18)11-6-5-10(14)7-12(11)16(3)8-9(2)17/h5-7,9,17H,4,8,14H2,1-3H3,(H,15,18). The highest BCUT2D eigenvalue weighted by atomic mass is 16.3. The summed E-state index contributed by atoms with van der Waals surface area (Å²) in [6.45, 7) is 4.58. The van der Waals surface area contributed by atoms with Crippen molar-refractivity contribution in [1.82, 2.24) is 5.32 Å². The normalized spacial score (nSPS) is 12.0. The highest BCUT2D eigenvalue weighted by Crippen LogP contribution is 2.23. The van der Waals surface area contributed by atoms with Crippen molar-refractivity contribution >= 4 is 17.3 Å². The highest BCUT2D eigenvalue weighted by Gasteiger charge is 2.15. The summed E-state index contributed by atoms with van der Waals surface area (Å²) in [6.07, 6.45) is -0.474. The third-order valence-corrected chi connectivity index (χ3v) is 2.55. The first-order valence-electron chi connectivity index (χ1n) is 6.02. The Labute approximate surface area is 108 Å². The van der Waals surface area contributed by atoms with Gasteiger partial charge in [-0.1, -0.05) is 0 Å². The van der Waals surface area contributed by atoms with Crippen molar-refractivity contribution < 1.29 is 9.90 Å². The van der Waals surface area contributed by atoms with Gasteiger partial charge in [-0.3, -0.25) is 4.79 Å². The monoisotopic (exact) mass is 251 g/mol. The Bertz CT molecular complexity index is 419. The SMILES string of the molecule is CCNC(=O)c1ccc(N)cc1N(C)CC(C)O. The van der Waals surface area contributed by atoms with Gasteiger partial charge < -0.3 is 21.1 Å². The molecule has 1 amide bonds. The van der Waals surface area contributed by atoms with Gasteiger partial charge in [0.05, 0.1) is 17.4 Å². The molecule has 0 bridgehead atoms. The number of hydrogen-bond donors (Lipinski definition) is 3. The Balaban J connectivity index is 3.06. The van der Waals surface area contributed by atoms with Gasteiger partial charge in [0.2, 0.25) is 0 Å². The van der Waals surface area contributed by atoms with Crippen molar-refractivity contribution in [2.75, 3.05) is 30.8 Å². The number of nitrogens with zero attached hydrogens (tertiary/aromatic N) is 1. The molecule has 0 aliphatic carbocycles. The molecule has 0 spiro atoms. The van der Waals surface area contributed by atoms with E-state index in [1.807, 2.05) is 18.9 Å². The minimum absolute atomic E-state index is 0.134. The zero-order valence-electron chi connectivity index (χ0n) is 11.1. The largest absolute Gasteiger partial charge is 0.399 e. The van der Waals surface area contributed by atoms with Crippen molar-refractivity contribution in [2.24, 2.45) is 0 Å². The number of nitrogens with one attached hydrogen (secondary N) is 1. The number of likely N-dealkylation sites (N-methyl/N-ethyl adjacent to an activating group) is 1. The Morgan fingerprint density at radius 3 is 2.78 bits per heavy atom. The molecule has 5 heteroatoms. The second kappa shape index (κ2) is 6.26. The molecule has 1 aromatic carbocycles. The summed E-state index contributed by atoms with van der Waals surface area (Å²) in [6, 6.07) is 5.14. The Kier molecular flexibility index (Phi) is 4.97. The quantitative estimate of drug-likeness (QED) is 0.677. The van der Waals surface area contributed by atoms with Crippen LogP contribution in [0.15, 0.2) is 18.2 Å². The van der Waals surface area contributed by atoms with Gasteiger partial charge in [0, 0.05) is 25.8 Å². The molecular weight excluding hydrogens is 230 g/mol. The molecule has 1 rings (SSSR count). The van der Waals surface area contributed by atoms with E-state index in [0.717, 1.165) is 5.69 Å². The van der Waals surface area contributed by atoms with Gasteiger partial charge in [-0.15, -0.1) is 0 Å². The number of anilines is 2. The lowest BCUT2D eigenvalue weighted by Crippen LogP contribution is -2.30. The molecule has 5 nitrogen and oxygen atoms in total. The van der Waals surface area contributed by atoms with Crippen LogP contribution in [-0.4, -0.2) is 37.3 Å². The molecule has 1 atom stereocenters. The van der Waals surface area contributed by atoms with Gasteiger partial charge in [0.25, 0.3) is 5.91 Å². The minimum atomic E-state index is -0.474. The zero-order valence-corrected chi connectivity index (χ0v) is 11.1. The molecule has 0 saturated carbocycles. The molecule has 0 heterocycles. The summed E-state index contributed by atoms with van der Waals surface area (Å²) >= 11 is 0. The van der Waals surface area contributed by atoms with Gasteiger partial charge >= 0.3 is 0 Å². The van der Waals surface area contributed by atoms with E-state index in [1.165, 1.54) is 0 Å². The molecule has 0 saturated heterocycles. The molecule has 0 aliphatic heterocycles. The Morgan fingerprint density at radius 1 is 1.56 bits per heavy atom. The number of benzene rings is 1. The molecular formula is C13H21N3O2. The number of nitrogen functional groups attached to an aromatic ring is 1. The molecule has 0 fully saturated rings. The average molecular weight is 251 g/mol. The fourth-order valence-corrected chi connectivity index (χ4v) is 1.81. The third kappa shape index (κ3) is 3.63. The zero-order chi connectivity index (χ0) is 13.7. The second-order valence-corrected chi connectivity index (χ2v) is 4.37. The van der Waals surface area contributed by atoms with E-state index < -0.39 is 6.10 Å².